The fraction of sp³-hybridized carbons (Fsp3) is 0.138. The number of nitrogens with two attached hydrogens (primary N) is 2. The summed E-state index contributed by atoms with van der Waals surface area (Å²) in [6, 6.07) is 20.7. The first kappa shape index (κ1) is 26.6. The first-order chi connectivity index (χ1) is 18.8. The van der Waals surface area contributed by atoms with E-state index in [-0.39, 0.29) is 29.5 Å². The molecule has 0 atom stereocenters. The molecule has 5 N–H and O–H groups in total. The van der Waals surface area contributed by atoms with Crippen molar-refractivity contribution in [2.75, 3.05) is 12.3 Å². The van der Waals surface area contributed by atoms with Gasteiger partial charge in [0.15, 0.2) is 17.2 Å². The molecule has 0 unspecified atom stereocenters. The fourth-order valence-electron chi connectivity index (χ4n) is 4.08. The van der Waals surface area contributed by atoms with Crippen molar-refractivity contribution in [1.82, 2.24) is 24.5 Å². The van der Waals surface area contributed by atoms with Crippen LogP contribution >= 0.6 is 0 Å². The number of hydrogen-bond donors (Lipinski definition) is 3. The number of aromatic nitrogens is 4. The van der Waals surface area contributed by atoms with E-state index < -0.39 is 5.91 Å². The van der Waals surface area contributed by atoms with Gasteiger partial charge in [0.2, 0.25) is 5.91 Å². The van der Waals surface area contributed by atoms with Crippen LogP contribution in [-0.4, -0.2) is 37.5 Å². The summed E-state index contributed by atoms with van der Waals surface area (Å²) in [6.07, 6.45) is 2.28. The van der Waals surface area contributed by atoms with E-state index in [1.807, 2.05) is 61.5 Å². The Labute approximate surface area is 224 Å². The number of aryl methyl sites for hydroxylation is 1. The molecule has 0 saturated heterocycles. The second kappa shape index (κ2) is 11.7. The number of nitrogens with zero attached hydrogens (tertiary/aromatic N) is 4. The Morgan fingerprint density at radius 1 is 1.05 bits per heavy atom. The van der Waals surface area contributed by atoms with Gasteiger partial charge in [0.1, 0.15) is 0 Å². The van der Waals surface area contributed by atoms with Gasteiger partial charge in [0.05, 0.1) is 11.9 Å². The number of benzene rings is 2. The Morgan fingerprint density at radius 2 is 1.82 bits per heavy atom. The third kappa shape index (κ3) is 5.78. The summed E-state index contributed by atoms with van der Waals surface area (Å²) in [5.41, 5.74) is 13.6. The number of pyridine rings is 1. The predicted molar refractivity (Wildman–Crippen MR) is 150 cm³/mol. The number of carbonyl (C=O) groups excluding carboxylic acids is 2. The Balaban J connectivity index is 0.000000226. The van der Waals surface area contributed by atoms with Gasteiger partial charge in [-0.1, -0.05) is 49.1 Å². The van der Waals surface area contributed by atoms with E-state index >= 15 is 0 Å². The first-order valence-electron chi connectivity index (χ1n) is 12.2. The number of fused-ring (bicyclic) bond motifs is 2. The molecule has 0 aliphatic heterocycles. The molecule has 196 valence electrons. The van der Waals surface area contributed by atoms with Gasteiger partial charge in [0.25, 0.3) is 11.5 Å². The van der Waals surface area contributed by atoms with Gasteiger partial charge in [0, 0.05) is 30.1 Å². The molecule has 39 heavy (non-hydrogen) atoms. The van der Waals surface area contributed by atoms with E-state index in [9.17, 15) is 14.4 Å². The van der Waals surface area contributed by atoms with Gasteiger partial charge >= 0.3 is 0 Å². The zero-order valence-electron chi connectivity index (χ0n) is 21.5. The number of para-hydroxylation sites is 1. The predicted octanol–water partition coefficient (Wildman–Crippen LogP) is 2.45. The topological polar surface area (TPSA) is 150 Å². The summed E-state index contributed by atoms with van der Waals surface area (Å²) in [4.78, 5) is 39.1. The molecular weight excluding hydrogens is 494 g/mol. The molecule has 0 spiro atoms. The quantitative estimate of drug-likeness (QED) is 0.309. The largest absolute Gasteiger partial charge is 0.382 e. The number of primary amides is 1. The first-order valence-corrected chi connectivity index (χ1v) is 12.2. The number of carbonyl (C=O) groups is 2. The van der Waals surface area contributed by atoms with E-state index in [1.165, 1.54) is 17.6 Å². The third-order valence-corrected chi connectivity index (χ3v) is 5.80. The minimum Gasteiger partial charge on any atom is -0.382 e. The van der Waals surface area contributed by atoms with Crippen molar-refractivity contribution >= 4 is 34.1 Å². The molecule has 0 bridgehead atoms. The maximum atomic E-state index is 13.3. The molecule has 0 fully saturated rings. The lowest BCUT2D eigenvalue weighted by Gasteiger charge is -2.14. The average molecular weight is 522 g/mol. The number of hydrogen-bond acceptors (Lipinski definition) is 6. The SMILES string of the molecule is CCc1cc2cccc(C#CCNC(C)=O)c2c(=O)n1-c1ccccc1.NC(=O)c1c(N)nc2cccnn12. The summed E-state index contributed by atoms with van der Waals surface area (Å²) in [5.74, 6) is 5.27. The third-order valence-electron chi connectivity index (χ3n) is 5.80. The van der Waals surface area contributed by atoms with E-state index in [2.05, 4.69) is 27.2 Å². The Kier molecular flexibility index (Phi) is 8.02. The van der Waals surface area contributed by atoms with E-state index in [4.69, 9.17) is 11.5 Å². The second-order valence-corrected chi connectivity index (χ2v) is 8.45. The zero-order chi connectivity index (χ0) is 27.9. The maximum absolute atomic E-state index is 13.3. The number of rotatable bonds is 4. The van der Waals surface area contributed by atoms with Crippen molar-refractivity contribution in [3.8, 4) is 17.5 Å². The lowest BCUT2D eigenvalue weighted by atomic mass is 10.0. The molecule has 5 aromatic rings. The fourth-order valence-corrected chi connectivity index (χ4v) is 4.08. The summed E-state index contributed by atoms with van der Waals surface area (Å²) in [7, 11) is 0. The van der Waals surface area contributed by atoms with Gasteiger partial charge in [-0.15, -0.1) is 0 Å². The highest BCUT2D eigenvalue weighted by Crippen LogP contribution is 2.19. The van der Waals surface area contributed by atoms with Crippen molar-refractivity contribution < 1.29 is 9.59 Å². The molecular formula is C29H27N7O3. The molecule has 3 aromatic heterocycles. The zero-order valence-corrected chi connectivity index (χ0v) is 21.5. The monoisotopic (exact) mass is 521 g/mol. The summed E-state index contributed by atoms with van der Waals surface area (Å²) in [5, 5.41) is 8.02. The van der Waals surface area contributed by atoms with Crippen LogP contribution in [0.1, 0.15) is 35.6 Å². The number of imidazole rings is 1. The molecule has 0 aliphatic carbocycles. The van der Waals surface area contributed by atoms with Gasteiger partial charge in [-0.05, 0) is 48.2 Å². The van der Waals surface area contributed by atoms with Crippen LogP contribution in [0.4, 0.5) is 5.82 Å². The van der Waals surface area contributed by atoms with E-state index in [0.29, 0.717) is 16.6 Å². The minimum atomic E-state index is -0.635. The number of nitrogens with one attached hydrogen (secondary N) is 1. The number of amides is 2. The van der Waals surface area contributed by atoms with E-state index in [1.54, 1.807) is 16.7 Å². The van der Waals surface area contributed by atoms with E-state index in [0.717, 1.165) is 23.2 Å². The van der Waals surface area contributed by atoms with Gasteiger partial charge in [-0.25, -0.2) is 9.50 Å². The maximum Gasteiger partial charge on any atom is 0.271 e. The second-order valence-electron chi connectivity index (χ2n) is 8.45. The van der Waals surface area contributed by atoms with Crippen molar-refractivity contribution in [3.05, 3.63) is 100 Å². The summed E-state index contributed by atoms with van der Waals surface area (Å²) in [6.45, 7) is 3.74. The van der Waals surface area contributed by atoms with Crippen molar-refractivity contribution in [1.29, 1.82) is 0 Å². The Hall–Kier alpha value is -5.43. The minimum absolute atomic E-state index is 0.0741. The van der Waals surface area contributed by atoms with Crippen LogP contribution in [0.2, 0.25) is 0 Å². The average Bonchev–Trinajstić information content (AvgIpc) is 3.27. The molecule has 3 heterocycles. The van der Waals surface area contributed by atoms with Crippen LogP contribution in [0.25, 0.3) is 22.1 Å². The normalized spacial score (nSPS) is 10.3. The van der Waals surface area contributed by atoms with Crippen LogP contribution in [0.3, 0.4) is 0 Å². The van der Waals surface area contributed by atoms with Crippen LogP contribution in [0, 0.1) is 11.8 Å². The van der Waals surface area contributed by atoms with Gasteiger partial charge in [-0.3, -0.25) is 19.0 Å². The molecule has 0 radical (unpaired) electrons. The van der Waals surface area contributed by atoms with Crippen LogP contribution in [-0.2, 0) is 11.2 Å². The van der Waals surface area contributed by atoms with Gasteiger partial charge in [-0.2, -0.15) is 5.10 Å². The number of anilines is 1. The van der Waals surface area contributed by atoms with Crippen LogP contribution in [0.5, 0.6) is 0 Å². The highest BCUT2D eigenvalue weighted by Gasteiger charge is 2.15. The Morgan fingerprint density at radius 3 is 2.51 bits per heavy atom. The molecule has 2 aromatic carbocycles. The smallest absolute Gasteiger partial charge is 0.271 e. The molecule has 5 rings (SSSR count). The molecule has 10 heteroatoms. The van der Waals surface area contributed by atoms with Crippen molar-refractivity contribution in [2.24, 2.45) is 5.73 Å². The highest BCUT2D eigenvalue weighted by molar-refractivity contribution is 5.96. The molecule has 2 amide bonds. The van der Waals surface area contributed by atoms with Crippen LogP contribution < -0.4 is 22.3 Å². The lowest BCUT2D eigenvalue weighted by molar-refractivity contribution is -0.118. The molecule has 0 saturated carbocycles. The Bertz CT molecular complexity index is 1790. The molecule has 0 aliphatic rings. The van der Waals surface area contributed by atoms with Crippen LogP contribution in [0.15, 0.2) is 77.7 Å². The lowest BCUT2D eigenvalue weighted by Crippen LogP contribution is -2.22. The highest BCUT2D eigenvalue weighted by atomic mass is 16.2. The molecule has 10 nitrogen and oxygen atoms in total. The van der Waals surface area contributed by atoms with Gasteiger partial charge < -0.3 is 16.8 Å². The number of nitrogen functional groups attached to an aromatic ring is 1. The summed E-state index contributed by atoms with van der Waals surface area (Å²) < 4.78 is 3.07. The van der Waals surface area contributed by atoms with Crippen molar-refractivity contribution in [3.63, 3.8) is 0 Å². The van der Waals surface area contributed by atoms with Crippen molar-refractivity contribution in [2.45, 2.75) is 20.3 Å². The standard InChI is InChI=1S/C22H20N2O2.C7H7N5O/c1-3-19-15-18-10-7-9-17(11-8-14-23-16(2)25)21(18)22(26)24(19)20-12-5-4-6-13-20;8-6-5(7(9)13)12-4(11-6)2-1-3-10-12/h4-7,9-10,12-13,15H,3,14H2,1-2H3,(H,23,25);1-3H,8H2,(H2,9,13). The summed E-state index contributed by atoms with van der Waals surface area (Å²) >= 11 is 0.